The van der Waals surface area contributed by atoms with Crippen molar-refractivity contribution in [2.24, 2.45) is 7.05 Å². The number of carbonyl (C=O) groups excluding carboxylic acids is 1. The van der Waals surface area contributed by atoms with Crippen molar-refractivity contribution in [1.82, 2.24) is 18.9 Å². The van der Waals surface area contributed by atoms with E-state index >= 15 is 0 Å². The molecular weight excluding hydrogens is 475 g/mol. The summed E-state index contributed by atoms with van der Waals surface area (Å²) in [7, 11) is 1.22. The van der Waals surface area contributed by atoms with Gasteiger partial charge >= 0.3 is 11.9 Å². The van der Waals surface area contributed by atoms with Crippen LogP contribution < -0.4 is 11.2 Å². The van der Waals surface area contributed by atoms with Gasteiger partial charge in [0.05, 0.1) is 41.0 Å². The average Bonchev–Trinajstić information content (AvgIpc) is 3.26. The van der Waals surface area contributed by atoms with E-state index in [-0.39, 0.29) is 29.1 Å². The Hall–Kier alpha value is -4.72. The number of rotatable bonds is 5. The molecule has 0 saturated heterocycles. The fraction of sp³-hybridized carbons (Fsp3) is 0.160. The third kappa shape index (κ3) is 4.13. The van der Waals surface area contributed by atoms with E-state index < -0.39 is 23.0 Å². The van der Waals surface area contributed by atoms with E-state index in [1.165, 1.54) is 37.0 Å². The Morgan fingerprint density at radius 2 is 1.78 bits per heavy atom. The van der Waals surface area contributed by atoms with Crippen molar-refractivity contribution in [1.29, 1.82) is 0 Å². The van der Waals surface area contributed by atoms with Crippen molar-refractivity contribution in [3.05, 3.63) is 104 Å². The molecule has 0 aliphatic rings. The van der Waals surface area contributed by atoms with Gasteiger partial charge in [-0.15, -0.1) is 0 Å². The Bertz CT molecular complexity index is 1640. The van der Waals surface area contributed by atoms with Crippen LogP contribution in [0.1, 0.15) is 16.8 Å². The third-order valence-electron chi connectivity index (χ3n) is 5.73. The number of hydrogen-bond donors (Lipinski definition) is 0. The van der Waals surface area contributed by atoms with Crippen molar-refractivity contribution >= 4 is 12.0 Å². The first-order valence-electron chi connectivity index (χ1n) is 10.6. The number of aldehydes is 1. The van der Waals surface area contributed by atoms with Crippen LogP contribution in [0.3, 0.4) is 0 Å². The van der Waals surface area contributed by atoms with E-state index in [4.69, 9.17) is 6.57 Å². The highest BCUT2D eigenvalue weighted by Crippen LogP contribution is 2.32. The van der Waals surface area contributed by atoms with E-state index in [2.05, 4.69) is 9.94 Å². The molecule has 36 heavy (non-hydrogen) atoms. The first-order chi connectivity index (χ1) is 17.1. The molecule has 182 valence electrons. The number of aromatic nitrogens is 4. The summed E-state index contributed by atoms with van der Waals surface area (Å²) in [5, 5.41) is 4.32. The normalized spacial score (nSPS) is 11.3. The molecule has 0 atom stereocenters. The van der Waals surface area contributed by atoms with E-state index in [0.717, 1.165) is 21.3 Å². The largest absolute Gasteiger partial charge is 0.416 e. The molecule has 0 N–H and O–H groups in total. The van der Waals surface area contributed by atoms with Crippen molar-refractivity contribution in [2.45, 2.75) is 19.5 Å². The van der Waals surface area contributed by atoms with Gasteiger partial charge in [-0.1, -0.05) is 18.2 Å². The third-order valence-corrected chi connectivity index (χ3v) is 5.73. The second kappa shape index (κ2) is 9.14. The minimum absolute atomic E-state index is 0.00174. The molecule has 0 spiro atoms. The Balaban J connectivity index is 2.06. The minimum Gasteiger partial charge on any atom is -0.303 e. The van der Waals surface area contributed by atoms with Crippen molar-refractivity contribution < 1.29 is 18.0 Å². The molecule has 0 fully saturated rings. The number of halogens is 3. The molecule has 4 aromatic rings. The van der Waals surface area contributed by atoms with Crippen LogP contribution in [0.2, 0.25) is 0 Å². The molecule has 11 heteroatoms. The summed E-state index contributed by atoms with van der Waals surface area (Å²) in [5.41, 5.74) is -1.02. The maximum absolute atomic E-state index is 13.4. The maximum atomic E-state index is 13.4. The average molecular weight is 493 g/mol. The van der Waals surface area contributed by atoms with Gasteiger partial charge in [-0.3, -0.25) is 13.9 Å². The molecule has 4 rings (SSSR count). The van der Waals surface area contributed by atoms with Crippen LogP contribution in [-0.2, 0) is 24.4 Å². The Labute approximate surface area is 202 Å². The summed E-state index contributed by atoms with van der Waals surface area (Å²) in [4.78, 5) is 41.2. The van der Waals surface area contributed by atoms with Gasteiger partial charge in [0.25, 0.3) is 5.56 Å². The number of benzene rings is 2. The lowest BCUT2D eigenvalue weighted by atomic mass is 10.0. The Morgan fingerprint density at radius 1 is 1.08 bits per heavy atom. The molecule has 0 bridgehead atoms. The van der Waals surface area contributed by atoms with Gasteiger partial charge < -0.3 is 4.79 Å². The maximum Gasteiger partial charge on any atom is 0.416 e. The topological polar surface area (TPSA) is 83.2 Å². The highest BCUT2D eigenvalue weighted by molar-refractivity contribution is 5.71. The summed E-state index contributed by atoms with van der Waals surface area (Å²) in [5.74, 6) is 0. The molecule has 2 heterocycles. The first-order valence-corrected chi connectivity index (χ1v) is 10.6. The minimum atomic E-state index is -4.63. The van der Waals surface area contributed by atoms with Crippen LogP contribution in [-0.4, -0.2) is 25.2 Å². The van der Waals surface area contributed by atoms with Crippen LogP contribution in [0.15, 0.2) is 64.3 Å². The molecule has 8 nitrogen and oxygen atoms in total. The van der Waals surface area contributed by atoms with Crippen LogP contribution >= 0.6 is 0 Å². The van der Waals surface area contributed by atoms with Crippen molar-refractivity contribution in [3.63, 3.8) is 0 Å². The molecular formula is C25H18F3N5O3. The van der Waals surface area contributed by atoms with Gasteiger partial charge in [-0.05, 0) is 37.3 Å². The van der Waals surface area contributed by atoms with Crippen LogP contribution in [0.5, 0.6) is 0 Å². The van der Waals surface area contributed by atoms with Gasteiger partial charge in [0.15, 0.2) is 5.69 Å². The summed E-state index contributed by atoms with van der Waals surface area (Å²) < 4.78 is 43.3. The zero-order valence-electron chi connectivity index (χ0n) is 19.1. The molecule has 0 radical (unpaired) electrons. The summed E-state index contributed by atoms with van der Waals surface area (Å²) in [6.45, 7) is 8.58. The molecule has 0 aliphatic carbocycles. The fourth-order valence-electron chi connectivity index (χ4n) is 3.96. The monoisotopic (exact) mass is 493 g/mol. The smallest absolute Gasteiger partial charge is 0.303 e. The molecule has 2 aromatic carbocycles. The second-order valence-electron chi connectivity index (χ2n) is 7.92. The predicted molar refractivity (Wildman–Crippen MR) is 126 cm³/mol. The lowest BCUT2D eigenvalue weighted by molar-refractivity contribution is -0.137. The lowest BCUT2D eigenvalue weighted by Crippen LogP contribution is -2.40. The summed E-state index contributed by atoms with van der Waals surface area (Å²) in [6, 6.07) is 10.6. The standard InChI is InChI=1S/C25H18F3N5O3/c1-15-21(22-16(11-12-34)14-30-33(22)19-9-7-18(29-2)8-10-19)23(35)31(3)24(36)32(15)20-6-4-5-17(13-20)25(26,27)28/h4-10,12-14H,11H2,1,3H3. The highest BCUT2D eigenvalue weighted by Gasteiger charge is 2.31. The number of alkyl halides is 3. The lowest BCUT2D eigenvalue weighted by Gasteiger charge is -2.18. The van der Waals surface area contributed by atoms with E-state index in [1.807, 2.05) is 0 Å². The van der Waals surface area contributed by atoms with E-state index in [9.17, 15) is 27.6 Å². The predicted octanol–water partition coefficient (Wildman–Crippen LogP) is 4.01. The van der Waals surface area contributed by atoms with Gasteiger partial charge in [0, 0.05) is 24.7 Å². The summed E-state index contributed by atoms with van der Waals surface area (Å²) in [6.07, 6.45) is -2.69. The van der Waals surface area contributed by atoms with Gasteiger partial charge in [0.1, 0.15) is 6.29 Å². The Morgan fingerprint density at radius 3 is 2.39 bits per heavy atom. The van der Waals surface area contributed by atoms with Crippen LogP contribution in [0, 0.1) is 13.5 Å². The quantitative estimate of drug-likeness (QED) is 0.311. The van der Waals surface area contributed by atoms with Gasteiger partial charge in [0.2, 0.25) is 0 Å². The fourth-order valence-corrected chi connectivity index (χ4v) is 3.96. The van der Waals surface area contributed by atoms with Gasteiger partial charge in [-0.2, -0.15) is 18.3 Å². The van der Waals surface area contributed by atoms with Crippen molar-refractivity contribution in [3.8, 4) is 22.6 Å². The molecule has 0 unspecified atom stereocenters. The number of carbonyl (C=O) groups is 1. The molecule has 0 saturated carbocycles. The van der Waals surface area contributed by atoms with Gasteiger partial charge in [-0.25, -0.2) is 14.3 Å². The van der Waals surface area contributed by atoms with Crippen molar-refractivity contribution in [2.75, 3.05) is 0 Å². The SMILES string of the molecule is [C-]#[N+]c1ccc(-n2ncc(CC=O)c2-c2c(C)n(-c3cccc(C(F)(F)F)c3)c(=O)n(C)c2=O)cc1. The zero-order valence-corrected chi connectivity index (χ0v) is 19.1. The number of nitrogens with zero attached hydrogens (tertiary/aromatic N) is 5. The molecule has 2 aromatic heterocycles. The zero-order chi connectivity index (χ0) is 26.2. The molecule has 0 aliphatic heterocycles. The highest BCUT2D eigenvalue weighted by atomic mass is 19.4. The second-order valence-corrected chi connectivity index (χ2v) is 7.92. The summed E-state index contributed by atoms with van der Waals surface area (Å²) >= 11 is 0. The van der Waals surface area contributed by atoms with E-state index in [1.54, 1.807) is 24.3 Å². The van der Waals surface area contributed by atoms with E-state index in [0.29, 0.717) is 23.2 Å². The Kier molecular flexibility index (Phi) is 6.20. The number of hydrogen-bond acceptors (Lipinski definition) is 4. The molecule has 0 amide bonds. The van der Waals surface area contributed by atoms with Crippen LogP contribution in [0.25, 0.3) is 27.5 Å². The van der Waals surface area contributed by atoms with Crippen LogP contribution in [0.4, 0.5) is 18.9 Å². The first kappa shape index (κ1) is 24.4.